The molecule has 3 N–H and O–H groups in total. The van der Waals surface area contributed by atoms with E-state index in [-0.39, 0.29) is 30.8 Å². The van der Waals surface area contributed by atoms with Gasteiger partial charge in [0.25, 0.3) is 0 Å². The van der Waals surface area contributed by atoms with Gasteiger partial charge in [-0.25, -0.2) is 8.42 Å². The largest absolute Gasteiger partial charge is 0.394 e. The Morgan fingerprint density at radius 3 is 2.06 bits per heavy atom. The van der Waals surface area contributed by atoms with Crippen LogP contribution in [0.25, 0.3) is 0 Å². The van der Waals surface area contributed by atoms with Crippen LogP contribution in [0, 0.1) is 0 Å². The van der Waals surface area contributed by atoms with E-state index in [2.05, 4.69) is 5.32 Å². The van der Waals surface area contributed by atoms with Gasteiger partial charge in [-0.3, -0.25) is 0 Å². The molecule has 0 fully saturated rings. The van der Waals surface area contributed by atoms with Crippen molar-refractivity contribution in [3.05, 3.63) is 0 Å². The van der Waals surface area contributed by atoms with Gasteiger partial charge < -0.3 is 15.5 Å². The molecule has 0 amide bonds. The summed E-state index contributed by atoms with van der Waals surface area (Å²) in [5.41, 5.74) is -0.789. The number of sulfone groups is 1. The molecule has 0 aliphatic rings. The molecule has 0 spiro atoms. The lowest BCUT2D eigenvalue weighted by Gasteiger charge is -2.33. The summed E-state index contributed by atoms with van der Waals surface area (Å²) in [4.78, 5) is 0. The van der Waals surface area contributed by atoms with Crippen LogP contribution in [0.3, 0.4) is 0 Å². The maximum Gasteiger partial charge on any atom is 0.151 e. The van der Waals surface area contributed by atoms with Crippen LogP contribution in [0.5, 0.6) is 0 Å². The van der Waals surface area contributed by atoms with Crippen molar-refractivity contribution in [1.82, 2.24) is 5.32 Å². The van der Waals surface area contributed by atoms with E-state index in [1.807, 2.05) is 6.92 Å². The van der Waals surface area contributed by atoms with E-state index >= 15 is 0 Å². The molecule has 1 atom stereocenters. The van der Waals surface area contributed by atoms with E-state index in [1.165, 1.54) is 0 Å². The van der Waals surface area contributed by atoms with Crippen molar-refractivity contribution in [3.63, 3.8) is 0 Å². The molecule has 0 saturated carbocycles. The molecule has 0 radical (unpaired) electrons. The summed E-state index contributed by atoms with van der Waals surface area (Å²) >= 11 is 0. The van der Waals surface area contributed by atoms with E-state index in [4.69, 9.17) is 0 Å². The van der Waals surface area contributed by atoms with E-state index < -0.39 is 15.4 Å². The molecule has 0 aliphatic heterocycles. The van der Waals surface area contributed by atoms with Crippen LogP contribution in [0.15, 0.2) is 0 Å². The minimum absolute atomic E-state index is 0.0191. The summed E-state index contributed by atoms with van der Waals surface area (Å²) in [6.45, 7) is 4.75. The number of aliphatic hydroxyl groups is 2. The van der Waals surface area contributed by atoms with Crippen molar-refractivity contribution in [3.8, 4) is 0 Å². The number of hydrogen-bond acceptors (Lipinski definition) is 5. The van der Waals surface area contributed by atoms with Crippen molar-refractivity contribution in [2.75, 3.05) is 24.7 Å². The zero-order valence-electron chi connectivity index (χ0n) is 10.2. The van der Waals surface area contributed by atoms with Gasteiger partial charge in [-0.05, 0) is 13.3 Å². The molecule has 6 heteroatoms. The van der Waals surface area contributed by atoms with Gasteiger partial charge in [0, 0.05) is 11.8 Å². The third-order valence-electron chi connectivity index (χ3n) is 2.78. The van der Waals surface area contributed by atoms with Gasteiger partial charge in [0.2, 0.25) is 0 Å². The Kier molecular flexibility index (Phi) is 6.47. The van der Waals surface area contributed by atoms with Crippen molar-refractivity contribution in [1.29, 1.82) is 0 Å². The maximum absolute atomic E-state index is 11.4. The normalized spacial score (nSPS) is 15.1. The quantitative estimate of drug-likeness (QED) is 0.544. The average Bonchev–Trinajstić information content (AvgIpc) is 2.25. The van der Waals surface area contributed by atoms with Crippen LogP contribution in [0.1, 0.15) is 27.2 Å². The number of rotatable bonds is 8. The summed E-state index contributed by atoms with van der Waals surface area (Å²) < 4.78 is 22.8. The first-order valence-electron chi connectivity index (χ1n) is 5.54. The molecule has 0 bridgehead atoms. The Morgan fingerprint density at radius 1 is 1.25 bits per heavy atom. The van der Waals surface area contributed by atoms with E-state index in [0.29, 0.717) is 6.42 Å². The highest BCUT2D eigenvalue weighted by atomic mass is 32.2. The highest BCUT2D eigenvalue weighted by Crippen LogP contribution is 2.10. The second-order valence-corrected chi connectivity index (χ2v) is 6.59. The number of aliphatic hydroxyl groups excluding tert-OH is 2. The predicted molar refractivity (Wildman–Crippen MR) is 64.1 cm³/mol. The first-order valence-corrected chi connectivity index (χ1v) is 7.36. The molecule has 0 rings (SSSR count). The Hall–Kier alpha value is -0.170. The molecule has 1 unspecified atom stereocenters. The van der Waals surface area contributed by atoms with E-state index in [1.54, 1.807) is 13.8 Å². The molecule has 98 valence electrons. The highest BCUT2D eigenvalue weighted by Gasteiger charge is 2.29. The van der Waals surface area contributed by atoms with Crippen LogP contribution in [0.4, 0.5) is 0 Å². The molecule has 0 aliphatic carbocycles. The van der Waals surface area contributed by atoms with Crippen molar-refractivity contribution < 1.29 is 18.6 Å². The average molecular weight is 253 g/mol. The van der Waals surface area contributed by atoms with Gasteiger partial charge in [0.05, 0.1) is 24.5 Å². The highest BCUT2D eigenvalue weighted by molar-refractivity contribution is 7.91. The lowest BCUT2D eigenvalue weighted by Crippen LogP contribution is -2.56. The van der Waals surface area contributed by atoms with Crippen molar-refractivity contribution in [2.24, 2.45) is 0 Å². The Labute approximate surface area is 97.8 Å². The molecular formula is C10H23NO4S. The zero-order valence-corrected chi connectivity index (χ0v) is 11.0. The maximum atomic E-state index is 11.4. The predicted octanol–water partition coefficient (Wildman–Crippen LogP) is -0.467. The van der Waals surface area contributed by atoms with Crippen LogP contribution in [-0.4, -0.2) is 54.9 Å². The molecular weight excluding hydrogens is 230 g/mol. The monoisotopic (exact) mass is 253 g/mol. The molecule has 0 aromatic heterocycles. The zero-order chi connectivity index (χ0) is 12.8. The number of hydrogen-bond donors (Lipinski definition) is 3. The topological polar surface area (TPSA) is 86.6 Å². The number of nitrogens with one attached hydrogen (secondary N) is 1. The summed E-state index contributed by atoms with van der Waals surface area (Å²) in [6.07, 6.45) is 0.538. The first-order chi connectivity index (χ1) is 7.34. The Morgan fingerprint density at radius 2 is 1.75 bits per heavy atom. The van der Waals surface area contributed by atoms with Gasteiger partial charge in [-0.2, -0.15) is 0 Å². The minimum Gasteiger partial charge on any atom is -0.394 e. The third-order valence-corrected chi connectivity index (χ3v) is 4.67. The third kappa shape index (κ3) is 4.78. The smallest absolute Gasteiger partial charge is 0.151 e. The standard InChI is InChI=1S/C10H23NO4S/c1-4-10(7-12,8-13)11-9(3)6-16(14,15)5-2/h9,11-13H,4-8H2,1-3H3. The molecule has 16 heavy (non-hydrogen) atoms. The SMILES string of the molecule is CCC(CO)(CO)NC(C)CS(=O)(=O)CC. The second kappa shape index (κ2) is 6.54. The van der Waals surface area contributed by atoms with Crippen molar-refractivity contribution >= 4 is 9.84 Å². The molecule has 0 aromatic carbocycles. The first kappa shape index (κ1) is 15.8. The fourth-order valence-electron chi connectivity index (χ4n) is 1.53. The van der Waals surface area contributed by atoms with Crippen LogP contribution >= 0.6 is 0 Å². The van der Waals surface area contributed by atoms with Crippen LogP contribution in [0.2, 0.25) is 0 Å². The van der Waals surface area contributed by atoms with Gasteiger partial charge in [0.15, 0.2) is 9.84 Å². The summed E-state index contributed by atoms with van der Waals surface area (Å²) in [6, 6.07) is -0.288. The van der Waals surface area contributed by atoms with Gasteiger partial charge in [0.1, 0.15) is 0 Å². The van der Waals surface area contributed by atoms with Gasteiger partial charge >= 0.3 is 0 Å². The lowest BCUT2D eigenvalue weighted by atomic mass is 9.97. The molecule has 0 saturated heterocycles. The van der Waals surface area contributed by atoms with Crippen LogP contribution in [-0.2, 0) is 9.84 Å². The van der Waals surface area contributed by atoms with Gasteiger partial charge in [-0.1, -0.05) is 13.8 Å². The lowest BCUT2D eigenvalue weighted by molar-refractivity contribution is 0.0814. The minimum atomic E-state index is -3.04. The molecule has 0 aromatic rings. The Bertz CT molecular complexity index is 277. The van der Waals surface area contributed by atoms with Gasteiger partial charge in [-0.15, -0.1) is 0 Å². The summed E-state index contributed by atoms with van der Waals surface area (Å²) in [5, 5.41) is 21.4. The van der Waals surface area contributed by atoms with Crippen molar-refractivity contribution in [2.45, 2.75) is 38.8 Å². The van der Waals surface area contributed by atoms with E-state index in [0.717, 1.165) is 0 Å². The molecule has 0 heterocycles. The fourth-order valence-corrected chi connectivity index (χ4v) is 2.61. The fraction of sp³-hybridized carbons (Fsp3) is 1.00. The second-order valence-electron chi connectivity index (χ2n) is 4.19. The molecule has 5 nitrogen and oxygen atoms in total. The Balaban J connectivity index is 4.48. The van der Waals surface area contributed by atoms with Crippen LogP contribution < -0.4 is 5.32 Å². The summed E-state index contributed by atoms with van der Waals surface area (Å²) in [7, 11) is -3.04. The summed E-state index contributed by atoms with van der Waals surface area (Å²) in [5.74, 6) is 0.127. The van der Waals surface area contributed by atoms with E-state index in [9.17, 15) is 18.6 Å².